The number of hydrogen-bond acceptors (Lipinski definition) is 3. The first-order valence-corrected chi connectivity index (χ1v) is 5.86. The van der Waals surface area contributed by atoms with Crippen molar-refractivity contribution in [2.24, 2.45) is 0 Å². The highest BCUT2D eigenvalue weighted by Crippen LogP contribution is 2.23. The van der Waals surface area contributed by atoms with Gasteiger partial charge in [0.05, 0.1) is 11.1 Å². The molecule has 0 saturated heterocycles. The van der Waals surface area contributed by atoms with E-state index in [4.69, 9.17) is 5.73 Å². The molecular formula is C14H8F5NO2. The molecule has 22 heavy (non-hydrogen) atoms. The Morgan fingerprint density at radius 1 is 0.864 bits per heavy atom. The summed E-state index contributed by atoms with van der Waals surface area (Å²) < 4.78 is 70.1. The van der Waals surface area contributed by atoms with E-state index < -0.39 is 47.2 Å². The summed E-state index contributed by atoms with van der Waals surface area (Å²) in [6, 6.07) is 5.34. The highest BCUT2D eigenvalue weighted by Gasteiger charge is 2.26. The normalized spacial score (nSPS) is 10.6. The molecule has 2 aromatic carbocycles. The molecule has 116 valence electrons. The van der Waals surface area contributed by atoms with Crippen LogP contribution in [0.4, 0.5) is 27.6 Å². The lowest BCUT2D eigenvalue weighted by Gasteiger charge is -2.09. The van der Waals surface area contributed by atoms with Gasteiger partial charge < -0.3 is 10.5 Å². The van der Waals surface area contributed by atoms with Crippen molar-refractivity contribution in [3.63, 3.8) is 0 Å². The summed E-state index contributed by atoms with van der Waals surface area (Å²) in [6.07, 6.45) is 0. The van der Waals surface area contributed by atoms with Crippen molar-refractivity contribution < 1.29 is 31.5 Å². The molecule has 0 fully saturated rings. The van der Waals surface area contributed by atoms with Crippen LogP contribution in [0, 0.1) is 29.1 Å². The van der Waals surface area contributed by atoms with Crippen molar-refractivity contribution in [1.82, 2.24) is 0 Å². The molecule has 0 amide bonds. The number of anilines is 1. The Morgan fingerprint density at radius 2 is 1.32 bits per heavy atom. The first-order valence-electron chi connectivity index (χ1n) is 5.86. The van der Waals surface area contributed by atoms with Crippen LogP contribution in [-0.2, 0) is 11.3 Å². The molecule has 0 unspecified atom stereocenters. The van der Waals surface area contributed by atoms with Crippen LogP contribution in [0.2, 0.25) is 0 Å². The average molecular weight is 317 g/mol. The zero-order valence-electron chi connectivity index (χ0n) is 10.8. The first kappa shape index (κ1) is 15.7. The molecule has 0 aromatic heterocycles. The van der Waals surface area contributed by atoms with Crippen molar-refractivity contribution in [2.45, 2.75) is 6.61 Å². The van der Waals surface area contributed by atoms with Crippen LogP contribution < -0.4 is 5.73 Å². The zero-order valence-corrected chi connectivity index (χ0v) is 10.8. The summed E-state index contributed by atoms with van der Waals surface area (Å²) >= 11 is 0. The highest BCUT2D eigenvalue weighted by atomic mass is 19.2. The molecule has 0 aliphatic carbocycles. The maximum Gasteiger partial charge on any atom is 0.338 e. The Kier molecular flexibility index (Phi) is 4.30. The number of hydrogen-bond donors (Lipinski definition) is 1. The summed E-state index contributed by atoms with van der Waals surface area (Å²) in [4.78, 5) is 11.6. The van der Waals surface area contributed by atoms with E-state index >= 15 is 0 Å². The predicted molar refractivity (Wildman–Crippen MR) is 66.2 cm³/mol. The minimum absolute atomic E-state index is 0.0121. The third-order valence-electron chi connectivity index (χ3n) is 2.79. The predicted octanol–water partition coefficient (Wildman–Crippen LogP) is 3.32. The second kappa shape index (κ2) is 6.00. The van der Waals surface area contributed by atoms with Gasteiger partial charge in [0.15, 0.2) is 23.3 Å². The van der Waals surface area contributed by atoms with Gasteiger partial charge in [-0.25, -0.2) is 26.7 Å². The topological polar surface area (TPSA) is 52.3 Å². The van der Waals surface area contributed by atoms with E-state index in [9.17, 15) is 26.7 Å². The number of nitrogens with two attached hydrogens (primary N) is 1. The van der Waals surface area contributed by atoms with E-state index in [0.717, 1.165) is 0 Å². The molecule has 0 radical (unpaired) electrons. The fraction of sp³-hybridized carbons (Fsp3) is 0.0714. The van der Waals surface area contributed by atoms with Crippen molar-refractivity contribution in [3.05, 3.63) is 64.5 Å². The van der Waals surface area contributed by atoms with Crippen LogP contribution >= 0.6 is 0 Å². The number of carbonyl (C=O) groups excluding carboxylic acids is 1. The van der Waals surface area contributed by atoms with Gasteiger partial charge in [-0.3, -0.25) is 0 Å². The van der Waals surface area contributed by atoms with Crippen LogP contribution in [-0.4, -0.2) is 5.97 Å². The lowest BCUT2D eigenvalue weighted by Crippen LogP contribution is -2.11. The van der Waals surface area contributed by atoms with Gasteiger partial charge in [0.1, 0.15) is 6.61 Å². The maximum atomic E-state index is 13.4. The van der Waals surface area contributed by atoms with Gasteiger partial charge in [0.2, 0.25) is 5.82 Å². The van der Waals surface area contributed by atoms with Gasteiger partial charge in [0, 0.05) is 5.69 Å². The van der Waals surface area contributed by atoms with Crippen LogP contribution in [0.5, 0.6) is 0 Å². The molecule has 0 spiro atoms. The number of benzene rings is 2. The number of halogens is 5. The van der Waals surface area contributed by atoms with Gasteiger partial charge in [-0.05, 0) is 24.3 Å². The smallest absolute Gasteiger partial charge is 0.338 e. The van der Waals surface area contributed by atoms with E-state index in [0.29, 0.717) is 5.69 Å². The summed E-state index contributed by atoms with van der Waals surface area (Å²) in [5, 5.41) is 0. The van der Waals surface area contributed by atoms with Crippen LogP contribution in [0.1, 0.15) is 15.9 Å². The van der Waals surface area contributed by atoms with Crippen molar-refractivity contribution >= 4 is 11.7 Å². The SMILES string of the molecule is Nc1ccc(C(=O)OCc2c(F)c(F)c(F)c(F)c2F)cc1. The minimum atomic E-state index is -2.27. The summed E-state index contributed by atoms with van der Waals surface area (Å²) in [7, 11) is 0. The van der Waals surface area contributed by atoms with E-state index in [1.807, 2.05) is 0 Å². The van der Waals surface area contributed by atoms with E-state index in [2.05, 4.69) is 4.74 Å². The molecular weight excluding hydrogens is 309 g/mol. The largest absolute Gasteiger partial charge is 0.457 e. The molecule has 2 rings (SSSR count). The van der Waals surface area contributed by atoms with E-state index in [-0.39, 0.29) is 5.56 Å². The monoisotopic (exact) mass is 317 g/mol. The van der Waals surface area contributed by atoms with Crippen LogP contribution in [0.15, 0.2) is 24.3 Å². The number of esters is 1. The maximum absolute atomic E-state index is 13.4. The molecule has 0 atom stereocenters. The average Bonchev–Trinajstić information content (AvgIpc) is 2.51. The van der Waals surface area contributed by atoms with E-state index in [1.54, 1.807) is 0 Å². The van der Waals surface area contributed by atoms with Gasteiger partial charge in [-0.1, -0.05) is 0 Å². The van der Waals surface area contributed by atoms with Gasteiger partial charge >= 0.3 is 5.97 Å². The fourth-order valence-corrected chi connectivity index (χ4v) is 1.62. The number of ether oxygens (including phenoxy) is 1. The Hall–Kier alpha value is -2.64. The molecule has 0 heterocycles. The number of rotatable bonds is 3. The molecule has 0 saturated carbocycles. The van der Waals surface area contributed by atoms with Crippen LogP contribution in [0.3, 0.4) is 0 Å². The Labute approximate surface area is 121 Å². The molecule has 0 aliphatic rings. The van der Waals surface area contributed by atoms with Gasteiger partial charge in [-0.2, -0.15) is 0 Å². The van der Waals surface area contributed by atoms with Gasteiger partial charge in [0.25, 0.3) is 0 Å². The second-order valence-electron chi connectivity index (χ2n) is 4.25. The fourth-order valence-electron chi connectivity index (χ4n) is 1.62. The third kappa shape index (κ3) is 2.85. The summed E-state index contributed by atoms with van der Waals surface area (Å²) in [6.45, 7) is -1.10. The highest BCUT2D eigenvalue weighted by molar-refractivity contribution is 5.89. The molecule has 2 aromatic rings. The molecule has 2 N–H and O–H groups in total. The molecule has 0 aliphatic heterocycles. The van der Waals surface area contributed by atoms with Crippen LogP contribution in [0.25, 0.3) is 0 Å². The van der Waals surface area contributed by atoms with Crippen molar-refractivity contribution in [1.29, 1.82) is 0 Å². The van der Waals surface area contributed by atoms with Crippen molar-refractivity contribution in [3.8, 4) is 0 Å². The number of nitrogen functional groups attached to an aromatic ring is 1. The quantitative estimate of drug-likeness (QED) is 0.311. The number of carbonyl (C=O) groups is 1. The standard InChI is InChI=1S/C14H8F5NO2/c15-9-8(10(16)12(18)13(19)11(9)17)5-22-14(21)6-1-3-7(20)4-2-6/h1-4H,5,20H2. The Bertz CT molecular complexity index is 702. The third-order valence-corrected chi connectivity index (χ3v) is 2.79. The van der Waals surface area contributed by atoms with Gasteiger partial charge in [-0.15, -0.1) is 0 Å². The van der Waals surface area contributed by atoms with E-state index in [1.165, 1.54) is 24.3 Å². The Balaban J connectivity index is 2.22. The van der Waals surface area contributed by atoms with Crippen molar-refractivity contribution in [2.75, 3.05) is 5.73 Å². The minimum Gasteiger partial charge on any atom is -0.457 e. The first-order chi connectivity index (χ1) is 10.3. The lowest BCUT2D eigenvalue weighted by molar-refractivity contribution is 0.0462. The summed E-state index contributed by atoms with van der Waals surface area (Å²) in [5.74, 6) is -11.6. The zero-order chi connectivity index (χ0) is 16.4. The molecule has 8 heteroatoms. The lowest BCUT2D eigenvalue weighted by atomic mass is 10.1. The second-order valence-corrected chi connectivity index (χ2v) is 4.25. The Morgan fingerprint density at radius 3 is 1.82 bits per heavy atom. The molecule has 3 nitrogen and oxygen atoms in total. The molecule has 0 bridgehead atoms. The summed E-state index contributed by atoms with van der Waals surface area (Å²) in [5.41, 5.74) is 4.57.